The molecule has 1 saturated heterocycles. The molecule has 2 atom stereocenters. The van der Waals surface area contributed by atoms with Gasteiger partial charge in [0, 0.05) is 6.54 Å². The van der Waals surface area contributed by atoms with Crippen LogP contribution in [0.4, 0.5) is 0 Å². The molecule has 0 spiro atoms. The predicted molar refractivity (Wildman–Crippen MR) is 61.3 cm³/mol. The minimum absolute atomic E-state index is 0.407. The molecule has 0 amide bonds. The van der Waals surface area contributed by atoms with Gasteiger partial charge >= 0.3 is 0 Å². The molecule has 2 aliphatic heterocycles. The van der Waals surface area contributed by atoms with Gasteiger partial charge in [-0.05, 0) is 18.4 Å². The highest BCUT2D eigenvalue weighted by atomic mass is 16.5. The molecular formula is C12H19N3O. The fourth-order valence-electron chi connectivity index (χ4n) is 2.64. The van der Waals surface area contributed by atoms with Crippen LogP contribution in [0, 0.1) is 5.92 Å². The Labute approximate surface area is 96.0 Å². The summed E-state index contributed by atoms with van der Waals surface area (Å²) in [6, 6.07) is 3.10. The molecule has 4 nitrogen and oxygen atoms in total. The van der Waals surface area contributed by atoms with E-state index >= 15 is 0 Å². The molecule has 0 saturated carbocycles. The Morgan fingerprint density at radius 2 is 2.44 bits per heavy atom. The SMILES string of the molecule is CC(C)Cc1cc2n(n1)[C@H]1COC[C@H]1NC2. The summed E-state index contributed by atoms with van der Waals surface area (Å²) >= 11 is 0. The van der Waals surface area contributed by atoms with Crippen LogP contribution in [0.15, 0.2) is 6.07 Å². The summed E-state index contributed by atoms with van der Waals surface area (Å²) in [6.07, 6.45) is 1.07. The molecule has 0 radical (unpaired) electrons. The minimum Gasteiger partial charge on any atom is -0.377 e. The fraction of sp³-hybridized carbons (Fsp3) is 0.750. The second-order valence-corrected chi connectivity index (χ2v) is 5.26. The van der Waals surface area contributed by atoms with Gasteiger partial charge in [0.2, 0.25) is 0 Å². The average molecular weight is 221 g/mol. The Bertz CT molecular complexity index is 386. The maximum absolute atomic E-state index is 5.52. The van der Waals surface area contributed by atoms with Gasteiger partial charge in [-0.2, -0.15) is 5.10 Å². The van der Waals surface area contributed by atoms with Crippen LogP contribution in [0.25, 0.3) is 0 Å². The first-order chi connectivity index (χ1) is 7.74. The van der Waals surface area contributed by atoms with Crippen molar-refractivity contribution >= 4 is 0 Å². The molecule has 1 fully saturated rings. The van der Waals surface area contributed by atoms with E-state index in [9.17, 15) is 0 Å². The highest BCUT2D eigenvalue weighted by molar-refractivity contribution is 5.15. The van der Waals surface area contributed by atoms with E-state index in [0.717, 1.165) is 26.2 Å². The first-order valence-corrected chi connectivity index (χ1v) is 6.12. The molecule has 3 heterocycles. The second kappa shape index (κ2) is 3.86. The van der Waals surface area contributed by atoms with Gasteiger partial charge in [-0.3, -0.25) is 4.68 Å². The van der Waals surface area contributed by atoms with Gasteiger partial charge in [-0.15, -0.1) is 0 Å². The Morgan fingerprint density at radius 1 is 1.56 bits per heavy atom. The summed E-state index contributed by atoms with van der Waals surface area (Å²) in [5.41, 5.74) is 2.53. The third kappa shape index (κ3) is 1.66. The van der Waals surface area contributed by atoms with Crippen LogP contribution in [0.1, 0.15) is 31.3 Å². The lowest BCUT2D eigenvalue weighted by Gasteiger charge is -2.26. The maximum Gasteiger partial charge on any atom is 0.0931 e. The fourth-order valence-corrected chi connectivity index (χ4v) is 2.64. The maximum atomic E-state index is 5.52. The molecular weight excluding hydrogens is 202 g/mol. The van der Waals surface area contributed by atoms with Crippen molar-refractivity contribution in [1.82, 2.24) is 15.1 Å². The van der Waals surface area contributed by atoms with Crippen molar-refractivity contribution < 1.29 is 4.74 Å². The van der Waals surface area contributed by atoms with Crippen LogP contribution >= 0.6 is 0 Å². The summed E-state index contributed by atoms with van der Waals surface area (Å²) < 4.78 is 7.70. The molecule has 88 valence electrons. The molecule has 3 rings (SSSR count). The molecule has 1 aromatic heterocycles. The average Bonchev–Trinajstić information content (AvgIpc) is 2.78. The van der Waals surface area contributed by atoms with Gasteiger partial charge in [0.25, 0.3) is 0 Å². The van der Waals surface area contributed by atoms with Crippen molar-refractivity contribution in [1.29, 1.82) is 0 Å². The van der Waals surface area contributed by atoms with E-state index < -0.39 is 0 Å². The van der Waals surface area contributed by atoms with Gasteiger partial charge in [0.05, 0.1) is 36.7 Å². The van der Waals surface area contributed by atoms with Crippen LogP contribution in [0.5, 0.6) is 0 Å². The summed E-state index contributed by atoms with van der Waals surface area (Å²) in [4.78, 5) is 0. The van der Waals surface area contributed by atoms with Crippen molar-refractivity contribution in [3.63, 3.8) is 0 Å². The lowest BCUT2D eigenvalue weighted by atomic mass is 10.1. The van der Waals surface area contributed by atoms with Gasteiger partial charge in [-0.25, -0.2) is 0 Å². The molecule has 2 aliphatic rings. The summed E-state index contributed by atoms with van der Waals surface area (Å²) in [5.74, 6) is 0.667. The van der Waals surface area contributed by atoms with Crippen LogP contribution in [0.2, 0.25) is 0 Å². The minimum atomic E-state index is 0.407. The number of hydrogen-bond acceptors (Lipinski definition) is 3. The molecule has 16 heavy (non-hydrogen) atoms. The Balaban J connectivity index is 1.88. The smallest absolute Gasteiger partial charge is 0.0931 e. The van der Waals surface area contributed by atoms with Crippen molar-refractivity contribution in [3.05, 3.63) is 17.5 Å². The van der Waals surface area contributed by atoms with E-state index in [4.69, 9.17) is 9.84 Å². The standard InChI is InChI=1S/C12H19N3O/c1-8(2)3-9-4-10-5-13-11-6-16-7-12(11)15(10)14-9/h4,8,11-13H,3,5-7H2,1-2H3/t11-,12+/m1/s1. The van der Waals surface area contributed by atoms with E-state index in [1.807, 2.05) is 0 Å². The largest absolute Gasteiger partial charge is 0.377 e. The Morgan fingerprint density at radius 3 is 3.25 bits per heavy atom. The number of rotatable bonds is 2. The third-order valence-electron chi connectivity index (χ3n) is 3.39. The molecule has 0 unspecified atom stereocenters. The zero-order valence-electron chi connectivity index (χ0n) is 9.94. The first-order valence-electron chi connectivity index (χ1n) is 6.12. The monoisotopic (exact) mass is 221 g/mol. The molecule has 0 bridgehead atoms. The van der Waals surface area contributed by atoms with Crippen LogP contribution in [-0.2, 0) is 17.7 Å². The Hall–Kier alpha value is -0.870. The zero-order chi connectivity index (χ0) is 11.1. The van der Waals surface area contributed by atoms with Gasteiger partial charge < -0.3 is 10.1 Å². The summed E-state index contributed by atoms with van der Waals surface area (Å²) in [7, 11) is 0. The van der Waals surface area contributed by atoms with E-state index in [2.05, 4.69) is 29.9 Å². The van der Waals surface area contributed by atoms with E-state index in [-0.39, 0.29) is 0 Å². The van der Waals surface area contributed by atoms with Crippen molar-refractivity contribution in [2.45, 2.75) is 38.9 Å². The molecule has 0 aliphatic carbocycles. The lowest BCUT2D eigenvalue weighted by molar-refractivity contribution is 0.183. The number of aromatic nitrogens is 2. The second-order valence-electron chi connectivity index (χ2n) is 5.26. The van der Waals surface area contributed by atoms with Gasteiger partial charge in [0.15, 0.2) is 0 Å². The summed E-state index contributed by atoms with van der Waals surface area (Å²) in [5, 5.41) is 8.25. The molecule has 0 aromatic carbocycles. The number of hydrogen-bond donors (Lipinski definition) is 1. The van der Waals surface area contributed by atoms with E-state index in [0.29, 0.717) is 18.0 Å². The van der Waals surface area contributed by atoms with Crippen LogP contribution in [-0.4, -0.2) is 29.0 Å². The highest BCUT2D eigenvalue weighted by Crippen LogP contribution is 2.26. The summed E-state index contributed by atoms with van der Waals surface area (Å²) in [6.45, 7) is 7.02. The molecule has 1 aromatic rings. The topological polar surface area (TPSA) is 39.1 Å². The third-order valence-corrected chi connectivity index (χ3v) is 3.39. The van der Waals surface area contributed by atoms with Gasteiger partial charge in [-0.1, -0.05) is 13.8 Å². The zero-order valence-corrected chi connectivity index (χ0v) is 9.94. The number of nitrogens with one attached hydrogen (secondary N) is 1. The van der Waals surface area contributed by atoms with Crippen molar-refractivity contribution in [2.24, 2.45) is 5.92 Å². The lowest BCUT2D eigenvalue weighted by Crippen LogP contribution is -2.42. The van der Waals surface area contributed by atoms with E-state index in [1.165, 1.54) is 11.4 Å². The van der Waals surface area contributed by atoms with Crippen LogP contribution < -0.4 is 5.32 Å². The van der Waals surface area contributed by atoms with E-state index in [1.54, 1.807) is 0 Å². The number of fused-ring (bicyclic) bond motifs is 3. The normalized spacial score (nSPS) is 28.2. The molecule has 4 heteroatoms. The predicted octanol–water partition coefficient (Wildman–Crippen LogP) is 1.12. The van der Waals surface area contributed by atoms with Crippen molar-refractivity contribution in [3.8, 4) is 0 Å². The number of ether oxygens (including phenoxy) is 1. The Kier molecular flexibility index (Phi) is 2.48. The van der Waals surface area contributed by atoms with Crippen LogP contribution in [0.3, 0.4) is 0 Å². The van der Waals surface area contributed by atoms with Crippen molar-refractivity contribution in [2.75, 3.05) is 13.2 Å². The molecule has 1 N–H and O–H groups in total. The quantitative estimate of drug-likeness (QED) is 0.813. The highest BCUT2D eigenvalue weighted by Gasteiger charge is 2.34. The number of nitrogens with zero attached hydrogens (tertiary/aromatic N) is 2. The van der Waals surface area contributed by atoms with Gasteiger partial charge in [0.1, 0.15) is 0 Å². The first kappa shape index (κ1) is 10.3.